The number of allylic oxidation sites excluding steroid dienone is 3. The number of carbonyl (C=O) groups is 2. The molecule has 2 atom stereocenters. The number of hydrogen-bond acceptors (Lipinski definition) is 5. The fourth-order valence-electron chi connectivity index (χ4n) is 3.91. The smallest absolute Gasteiger partial charge is 0.329 e. The van der Waals surface area contributed by atoms with Crippen molar-refractivity contribution in [3.8, 4) is 11.5 Å². The highest BCUT2D eigenvalue weighted by Gasteiger charge is 2.56. The second-order valence-corrected chi connectivity index (χ2v) is 8.64. The summed E-state index contributed by atoms with van der Waals surface area (Å²) in [5.74, 6) is 1.92. The molecular weight excluding hydrogens is 370 g/mol. The van der Waals surface area contributed by atoms with E-state index in [1.165, 1.54) is 0 Å². The first-order valence-corrected chi connectivity index (χ1v) is 9.62. The Morgan fingerprint density at radius 1 is 1.34 bits per heavy atom. The van der Waals surface area contributed by atoms with E-state index in [2.05, 4.69) is 24.0 Å². The van der Waals surface area contributed by atoms with E-state index in [4.69, 9.17) is 9.47 Å². The summed E-state index contributed by atoms with van der Waals surface area (Å²) in [7, 11) is 0. The number of ether oxygens (including phenoxy) is 2. The number of amides is 3. The van der Waals surface area contributed by atoms with Crippen LogP contribution in [0.25, 0.3) is 0 Å². The molecule has 29 heavy (non-hydrogen) atoms. The Bertz CT molecular complexity index is 978. The molecule has 1 N–H and O–H groups in total. The monoisotopic (exact) mass is 395 g/mol. The lowest BCUT2D eigenvalue weighted by Crippen LogP contribution is -2.40. The van der Waals surface area contributed by atoms with Crippen LogP contribution in [0.1, 0.15) is 45.6 Å². The van der Waals surface area contributed by atoms with Crippen molar-refractivity contribution in [3.05, 3.63) is 47.5 Å². The number of urea groups is 1. The zero-order chi connectivity index (χ0) is 21.0. The number of nitrogens with one attached hydrogen (secondary N) is 1. The van der Waals surface area contributed by atoms with Crippen molar-refractivity contribution in [2.24, 2.45) is 10.4 Å². The quantitative estimate of drug-likeness (QED) is 0.357. The van der Waals surface area contributed by atoms with Crippen LogP contribution in [0, 0.1) is 5.41 Å². The van der Waals surface area contributed by atoms with Crippen LogP contribution in [0.5, 0.6) is 11.5 Å². The highest BCUT2D eigenvalue weighted by molar-refractivity contribution is 6.08. The summed E-state index contributed by atoms with van der Waals surface area (Å²) in [6, 6.07) is 5.28. The van der Waals surface area contributed by atoms with Gasteiger partial charge in [0.25, 0.3) is 5.91 Å². The number of fused-ring (bicyclic) bond motifs is 3. The van der Waals surface area contributed by atoms with Gasteiger partial charge < -0.3 is 14.8 Å². The van der Waals surface area contributed by atoms with Crippen molar-refractivity contribution < 1.29 is 19.1 Å². The fourth-order valence-corrected chi connectivity index (χ4v) is 3.91. The molecule has 7 nitrogen and oxygen atoms in total. The molecule has 1 aromatic carbocycles. The van der Waals surface area contributed by atoms with E-state index in [1.807, 2.05) is 18.2 Å². The number of rotatable bonds is 5. The Morgan fingerprint density at radius 3 is 2.76 bits per heavy atom. The molecule has 1 saturated carbocycles. The number of nitrogens with zero attached hydrogens (tertiary/aromatic N) is 2. The van der Waals surface area contributed by atoms with E-state index in [-0.39, 0.29) is 17.2 Å². The average Bonchev–Trinajstić information content (AvgIpc) is 3.31. The van der Waals surface area contributed by atoms with Crippen LogP contribution >= 0.6 is 0 Å². The Hall–Kier alpha value is -3.09. The van der Waals surface area contributed by atoms with Crippen molar-refractivity contribution in [3.63, 3.8) is 0 Å². The fraction of sp³-hybridized carbons (Fsp3) is 0.409. The van der Waals surface area contributed by atoms with Gasteiger partial charge in [-0.1, -0.05) is 13.0 Å². The molecule has 3 aliphatic rings. The summed E-state index contributed by atoms with van der Waals surface area (Å²) in [6.45, 7) is 11.5. The van der Waals surface area contributed by atoms with Crippen molar-refractivity contribution in [2.75, 3.05) is 6.61 Å². The lowest BCUT2D eigenvalue weighted by atomic mass is 9.97. The van der Waals surface area contributed by atoms with Crippen molar-refractivity contribution >= 4 is 18.7 Å². The first-order chi connectivity index (χ1) is 13.7. The van der Waals surface area contributed by atoms with Crippen LogP contribution in [-0.4, -0.2) is 35.7 Å². The van der Waals surface area contributed by atoms with Crippen LogP contribution < -0.4 is 14.8 Å². The molecule has 2 unspecified atom stereocenters. The summed E-state index contributed by atoms with van der Waals surface area (Å²) in [5, 5.41) is 2.66. The molecular formula is C22H25N3O4. The third kappa shape index (κ3) is 3.20. The number of imide groups is 1. The Labute approximate surface area is 170 Å². The molecule has 2 heterocycles. The summed E-state index contributed by atoms with van der Waals surface area (Å²) in [4.78, 5) is 29.6. The number of benzene rings is 1. The molecule has 152 valence electrons. The molecule has 7 heteroatoms. The minimum absolute atomic E-state index is 0.171. The third-order valence-corrected chi connectivity index (χ3v) is 5.83. The van der Waals surface area contributed by atoms with Crippen LogP contribution in [0.2, 0.25) is 0 Å². The van der Waals surface area contributed by atoms with E-state index in [1.54, 1.807) is 32.9 Å². The van der Waals surface area contributed by atoms with Gasteiger partial charge in [0, 0.05) is 28.7 Å². The minimum Gasteiger partial charge on any atom is -0.493 e. The number of carbonyl (C=O) groups excluding carboxylic acids is 2. The van der Waals surface area contributed by atoms with Crippen LogP contribution in [0.4, 0.5) is 4.79 Å². The largest absolute Gasteiger partial charge is 0.493 e. The molecule has 1 aromatic rings. The van der Waals surface area contributed by atoms with Gasteiger partial charge in [-0.3, -0.25) is 4.79 Å². The zero-order valence-electron chi connectivity index (χ0n) is 17.1. The lowest BCUT2D eigenvalue weighted by molar-refractivity contribution is -0.128. The van der Waals surface area contributed by atoms with E-state index < -0.39 is 11.6 Å². The highest BCUT2D eigenvalue weighted by atomic mass is 16.5. The molecule has 4 rings (SSSR count). The molecule has 0 spiro atoms. The van der Waals surface area contributed by atoms with Gasteiger partial charge in [-0.05, 0) is 52.1 Å². The van der Waals surface area contributed by atoms with Gasteiger partial charge in [-0.2, -0.15) is 0 Å². The summed E-state index contributed by atoms with van der Waals surface area (Å²) < 4.78 is 11.9. The van der Waals surface area contributed by atoms with Crippen LogP contribution in [-0.2, 0) is 4.79 Å². The zero-order valence-corrected chi connectivity index (χ0v) is 17.1. The molecule has 2 aliphatic heterocycles. The van der Waals surface area contributed by atoms with Gasteiger partial charge in [-0.15, -0.1) is 0 Å². The maximum Gasteiger partial charge on any atom is 0.329 e. The standard InChI is InChI=1S/C22H25N3O4/c1-13(25-19(26)21(2,3)24-20(25)27)9-10-17(23-5)29-16-8-6-7-15-18(16)14-11-22(14,4)12-28-15/h6-10,14H,5,11-12H2,1-4H3,(H,24,27)/b13-9+,17-10+. The van der Waals surface area contributed by atoms with E-state index in [9.17, 15) is 9.59 Å². The summed E-state index contributed by atoms with van der Waals surface area (Å²) in [5.41, 5.74) is 0.778. The maximum atomic E-state index is 12.4. The molecule has 2 fully saturated rings. The predicted molar refractivity (Wildman–Crippen MR) is 109 cm³/mol. The Balaban J connectivity index is 1.58. The van der Waals surface area contributed by atoms with Crippen LogP contribution in [0.15, 0.2) is 46.9 Å². The first kappa shape index (κ1) is 19.2. The van der Waals surface area contributed by atoms with Crippen molar-refractivity contribution in [1.82, 2.24) is 10.2 Å². The van der Waals surface area contributed by atoms with Crippen molar-refractivity contribution in [2.45, 2.75) is 45.6 Å². The normalized spacial score (nSPS) is 27.6. The predicted octanol–water partition coefficient (Wildman–Crippen LogP) is 3.73. The average molecular weight is 395 g/mol. The van der Waals surface area contributed by atoms with Gasteiger partial charge in [0.05, 0.1) is 6.61 Å². The second-order valence-electron chi connectivity index (χ2n) is 8.64. The lowest BCUT2D eigenvalue weighted by Gasteiger charge is -2.24. The first-order valence-electron chi connectivity index (χ1n) is 9.62. The SMILES string of the molecule is C=N/C(=C\C=C(/C)N1C(=O)NC(C)(C)C1=O)Oc1cccc2c1C1CC1(C)CO2. The molecule has 1 saturated heterocycles. The topological polar surface area (TPSA) is 80.2 Å². The molecule has 0 aromatic heterocycles. The molecule has 1 aliphatic carbocycles. The Kier molecular flexibility index (Phi) is 4.29. The highest BCUT2D eigenvalue weighted by Crippen LogP contribution is 2.65. The minimum atomic E-state index is -0.925. The van der Waals surface area contributed by atoms with Gasteiger partial charge in [0.15, 0.2) is 0 Å². The number of aliphatic imine (C=N–C) groups is 1. The summed E-state index contributed by atoms with van der Waals surface area (Å²) >= 11 is 0. The summed E-state index contributed by atoms with van der Waals surface area (Å²) in [6.07, 6.45) is 4.29. The van der Waals surface area contributed by atoms with Gasteiger partial charge in [0.1, 0.15) is 17.0 Å². The second kappa shape index (κ2) is 6.47. The van der Waals surface area contributed by atoms with Crippen molar-refractivity contribution in [1.29, 1.82) is 0 Å². The molecule has 0 bridgehead atoms. The maximum absolute atomic E-state index is 12.4. The van der Waals surface area contributed by atoms with Gasteiger partial charge in [0.2, 0.25) is 5.88 Å². The third-order valence-electron chi connectivity index (χ3n) is 5.83. The van der Waals surface area contributed by atoms with Gasteiger partial charge >= 0.3 is 6.03 Å². The number of hydrogen-bond donors (Lipinski definition) is 1. The molecule has 3 amide bonds. The van der Waals surface area contributed by atoms with Gasteiger partial charge in [-0.25, -0.2) is 14.7 Å². The Morgan fingerprint density at radius 2 is 2.10 bits per heavy atom. The van der Waals surface area contributed by atoms with E-state index in [0.717, 1.165) is 29.2 Å². The molecule has 0 radical (unpaired) electrons. The van der Waals surface area contributed by atoms with E-state index in [0.29, 0.717) is 17.4 Å². The van der Waals surface area contributed by atoms with E-state index >= 15 is 0 Å². The van der Waals surface area contributed by atoms with Crippen LogP contribution in [0.3, 0.4) is 0 Å².